The summed E-state index contributed by atoms with van der Waals surface area (Å²) in [4.78, 5) is 14.0. The van der Waals surface area contributed by atoms with Crippen LogP contribution in [0.3, 0.4) is 0 Å². The van der Waals surface area contributed by atoms with Gasteiger partial charge in [-0.2, -0.15) is 0 Å². The normalized spacial score (nSPS) is 11.0. The van der Waals surface area contributed by atoms with Crippen LogP contribution in [0.25, 0.3) is 16.4 Å². The molecule has 0 amide bonds. The third-order valence-corrected chi connectivity index (χ3v) is 6.66. The average Bonchev–Trinajstić information content (AvgIpc) is 3.39. The number of thioether (sulfide) groups is 1. The van der Waals surface area contributed by atoms with Gasteiger partial charge in [-0.1, -0.05) is 42.1 Å². The molecule has 2 heterocycles. The highest BCUT2D eigenvalue weighted by Crippen LogP contribution is 2.31. The van der Waals surface area contributed by atoms with Gasteiger partial charge in [0, 0.05) is 11.3 Å². The van der Waals surface area contributed by atoms with Crippen molar-refractivity contribution in [3.8, 4) is 16.4 Å². The number of aromatic nitrogens is 3. The zero-order valence-electron chi connectivity index (χ0n) is 16.5. The van der Waals surface area contributed by atoms with Gasteiger partial charge in [0.25, 0.3) is 0 Å². The first-order valence-corrected chi connectivity index (χ1v) is 11.2. The third kappa shape index (κ3) is 4.04. The molecule has 4 aromatic rings. The number of nitrogens with zero attached hydrogens (tertiary/aromatic N) is 3. The quantitative estimate of drug-likeness (QED) is 0.288. The lowest BCUT2D eigenvalue weighted by molar-refractivity contribution is 0.102. The Kier molecular flexibility index (Phi) is 5.65. The molecule has 0 saturated carbocycles. The summed E-state index contributed by atoms with van der Waals surface area (Å²) in [6.45, 7) is 6.10. The Morgan fingerprint density at radius 1 is 0.966 bits per heavy atom. The molecule has 0 unspecified atom stereocenters. The molecule has 4 nitrogen and oxygen atoms in total. The zero-order chi connectivity index (χ0) is 20.4. The van der Waals surface area contributed by atoms with Crippen LogP contribution in [0.15, 0.2) is 65.1 Å². The van der Waals surface area contributed by atoms with E-state index in [2.05, 4.69) is 23.2 Å². The van der Waals surface area contributed by atoms with Crippen molar-refractivity contribution in [3.05, 3.63) is 82.2 Å². The van der Waals surface area contributed by atoms with E-state index in [1.165, 1.54) is 17.3 Å². The summed E-state index contributed by atoms with van der Waals surface area (Å²) in [6.07, 6.45) is 0. The second-order valence-electron chi connectivity index (χ2n) is 6.92. The fraction of sp³-hybridized carbons (Fsp3) is 0.174. The number of carbonyl (C=O) groups excluding carboxylic acids is 1. The van der Waals surface area contributed by atoms with E-state index in [1.807, 2.05) is 72.3 Å². The van der Waals surface area contributed by atoms with Crippen LogP contribution in [0.5, 0.6) is 0 Å². The van der Waals surface area contributed by atoms with Gasteiger partial charge in [0.05, 0.1) is 10.6 Å². The highest BCUT2D eigenvalue weighted by atomic mass is 32.2. The van der Waals surface area contributed by atoms with Gasteiger partial charge in [-0.25, -0.2) is 0 Å². The molecule has 2 aromatic heterocycles. The maximum absolute atomic E-state index is 12.9. The first-order chi connectivity index (χ1) is 14.0. The van der Waals surface area contributed by atoms with Crippen LogP contribution in [-0.4, -0.2) is 26.3 Å². The highest BCUT2D eigenvalue weighted by molar-refractivity contribution is 7.99. The largest absolute Gasteiger partial charge is 0.293 e. The highest BCUT2D eigenvalue weighted by Gasteiger charge is 2.19. The minimum absolute atomic E-state index is 0.107. The van der Waals surface area contributed by atoms with Crippen molar-refractivity contribution >= 4 is 28.9 Å². The number of benzene rings is 2. The van der Waals surface area contributed by atoms with Crippen molar-refractivity contribution in [2.45, 2.75) is 25.9 Å². The first-order valence-electron chi connectivity index (χ1n) is 9.33. The smallest absolute Gasteiger partial charge is 0.196 e. The topological polar surface area (TPSA) is 47.8 Å². The fourth-order valence-corrected chi connectivity index (χ4v) is 4.74. The van der Waals surface area contributed by atoms with Crippen molar-refractivity contribution in [2.24, 2.45) is 0 Å². The monoisotopic (exact) mass is 419 g/mol. The van der Waals surface area contributed by atoms with Crippen LogP contribution in [0, 0.1) is 20.8 Å². The molecule has 29 heavy (non-hydrogen) atoms. The van der Waals surface area contributed by atoms with Gasteiger partial charge in [-0.3, -0.25) is 9.36 Å². The lowest BCUT2D eigenvalue weighted by Gasteiger charge is -2.11. The maximum Gasteiger partial charge on any atom is 0.196 e. The summed E-state index contributed by atoms with van der Waals surface area (Å²) >= 11 is 3.05. The van der Waals surface area contributed by atoms with E-state index in [-0.39, 0.29) is 5.78 Å². The summed E-state index contributed by atoms with van der Waals surface area (Å²) in [7, 11) is 0. The number of aryl methyl sites for hydroxylation is 3. The number of ketones is 1. The van der Waals surface area contributed by atoms with E-state index in [4.69, 9.17) is 0 Å². The van der Waals surface area contributed by atoms with E-state index in [1.54, 1.807) is 11.3 Å². The number of hydrogen-bond donors (Lipinski definition) is 0. The summed E-state index contributed by atoms with van der Waals surface area (Å²) in [5.74, 6) is 1.22. The van der Waals surface area contributed by atoms with Gasteiger partial charge < -0.3 is 0 Å². The number of para-hydroxylation sites is 1. The molecule has 2 aromatic carbocycles. The summed E-state index contributed by atoms with van der Waals surface area (Å²) in [5, 5.41) is 11.6. The number of thiophene rings is 1. The van der Waals surface area contributed by atoms with Crippen LogP contribution >= 0.6 is 23.1 Å². The maximum atomic E-state index is 12.9. The Morgan fingerprint density at radius 3 is 2.45 bits per heavy atom. The average molecular weight is 420 g/mol. The summed E-state index contributed by atoms with van der Waals surface area (Å²) < 4.78 is 2.02. The Balaban J connectivity index is 1.64. The Hall–Kier alpha value is -2.70. The summed E-state index contributed by atoms with van der Waals surface area (Å²) in [6, 6.07) is 18.1. The minimum atomic E-state index is 0.107. The van der Waals surface area contributed by atoms with Crippen LogP contribution in [-0.2, 0) is 0 Å². The molecule has 0 aliphatic rings. The second-order valence-corrected chi connectivity index (χ2v) is 8.81. The Bertz CT molecular complexity index is 1150. The molecule has 0 aliphatic carbocycles. The van der Waals surface area contributed by atoms with Gasteiger partial charge >= 0.3 is 0 Å². The molecule has 4 rings (SSSR count). The van der Waals surface area contributed by atoms with E-state index in [0.29, 0.717) is 5.75 Å². The van der Waals surface area contributed by atoms with Gasteiger partial charge in [-0.15, -0.1) is 21.5 Å². The molecule has 0 saturated heterocycles. The van der Waals surface area contributed by atoms with Crippen LogP contribution in [0.1, 0.15) is 27.0 Å². The Morgan fingerprint density at radius 2 is 1.72 bits per heavy atom. The molecule has 6 heteroatoms. The molecule has 146 valence electrons. The molecule has 0 fully saturated rings. The first kappa shape index (κ1) is 19.6. The third-order valence-electron chi connectivity index (χ3n) is 4.86. The van der Waals surface area contributed by atoms with Crippen molar-refractivity contribution < 1.29 is 4.79 Å². The SMILES string of the molecule is Cc1cc(C)c(C(=O)CSc2nnc(-c3cccs3)n2-c2ccccc2)cc1C. The van der Waals surface area contributed by atoms with Crippen molar-refractivity contribution in [3.63, 3.8) is 0 Å². The predicted molar refractivity (Wildman–Crippen MR) is 120 cm³/mol. The van der Waals surface area contributed by atoms with Crippen LogP contribution in [0.2, 0.25) is 0 Å². The number of hydrogen-bond acceptors (Lipinski definition) is 5. The number of Topliss-reactive ketones (excluding diaryl/α,β-unsaturated/α-hetero) is 1. The van der Waals surface area contributed by atoms with E-state index < -0.39 is 0 Å². The lowest BCUT2D eigenvalue weighted by atomic mass is 9.99. The fourth-order valence-electron chi connectivity index (χ4n) is 3.21. The molecule has 0 bridgehead atoms. The molecule has 0 N–H and O–H groups in total. The van der Waals surface area contributed by atoms with Gasteiger partial charge in [-0.05, 0) is 67.1 Å². The number of rotatable bonds is 6. The van der Waals surface area contributed by atoms with Gasteiger partial charge in [0.2, 0.25) is 0 Å². The zero-order valence-corrected chi connectivity index (χ0v) is 18.2. The molecule has 0 radical (unpaired) electrons. The summed E-state index contributed by atoms with van der Waals surface area (Å²) in [5.41, 5.74) is 5.12. The van der Waals surface area contributed by atoms with E-state index in [9.17, 15) is 4.79 Å². The minimum Gasteiger partial charge on any atom is -0.293 e. The molecular formula is C23H21N3OS2. The number of carbonyl (C=O) groups is 1. The van der Waals surface area contributed by atoms with Crippen molar-refractivity contribution in [2.75, 3.05) is 5.75 Å². The predicted octanol–water partition coefficient (Wildman–Crippen LogP) is 5.90. The molecule has 0 aliphatic heterocycles. The van der Waals surface area contributed by atoms with Crippen molar-refractivity contribution in [1.29, 1.82) is 0 Å². The van der Waals surface area contributed by atoms with Gasteiger partial charge in [0.15, 0.2) is 16.8 Å². The van der Waals surface area contributed by atoms with E-state index in [0.717, 1.165) is 38.2 Å². The standard InChI is InChI=1S/C23H21N3OS2/c1-15-12-17(3)19(13-16(15)2)20(27)14-29-23-25-24-22(21-10-7-11-28-21)26(23)18-8-5-4-6-9-18/h4-13H,14H2,1-3H3. The molecular weight excluding hydrogens is 398 g/mol. The van der Waals surface area contributed by atoms with Crippen LogP contribution < -0.4 is 0 Å². The second kappa shape index (κ2) is 8.35. The van der Waals surface area contributed by atoms with Crippen molar-refractivity contribution in [1.82, 2.24) is 14.8 Å². The molecule has 0 spiro atoms. The molecule has 0 atom stereocenters. The van der Waals surface area contributed by atoms with Crippen LogP contribution in [0.4, 0.5) is 0 Å². The van der Waals surface area contributed by atoms with Gasteiger partial charge in [0.1, 0.15) is 0 Å². The Labute approximate surface area is 178 Å². The lowest BCUT2D eigenvalue weighted by Crippen LogP contribution is -2.07. The van der Waals surface area contributed by atoms with E-state index >= 15 is 0 Å².